The highest BCUT2D eigenvalue weighted by Crippen LogP contribution is 2.24. The van der Waals surface area contributed by atoms with Crippen molar-refractivity contribution in [2.24, 2.45) is 4.99 Å². The van der Waals surface area contributed by atoms with Crippen molar-refractivity contribution in [3.63, 3.8) is 0 Å². The van der Waals surface area contributed by atoms with Gasteiger partial charge in [-0.05, 0) is 37.9 Å². The van der Waals surface area contributed by atoms with Gasteiger partial charge in [-0.15, -0.1) is 0 Å². The molecule has 1 unspecified atom stereocenters. The zero-order valence-electron chi connectivity index (χ0n) is 16.7. The van der Waals surface area contributed by atoms with Crippen molar-refractivity contribution < 1.29 is 14.7 Å². The summed E-state index contributed by atoms with van der Waals surface area (Å²) in [5.41, 5.74) is 2.03. The predicted molar refractivity (Wildman–Crippen MR) is 113 cm³/mol. The molecule has 1 aliphatic heterocycles. The molecule has 0 aromatic heterocycles. The summed E-state index contributed by atoms with van der Waals surface area (Å²) in [6.07, 6.45) is 3.41. The number of allylic oxidation sites excluding steroid dienone is 1. The van der Waals surface area contributed by atoms with Crippen molar-refractivity contribution in [3.8, 4) is 5.75 Å². The summed E-state index contributed by atoms with van der Waals surface area (Å²) in [7, 11) is 5.06. The quantitative estimate of drug-likeness (QED) is 0.734. The number of carbonyl (C=O) groups excluding carboxylic acids is 2. The van der Waals surface area contributed by atoms with Gasteiger partial charge < -0.3 is 15.3 Å². The Kier molecular flexibility index (Phi) is 5.79. The van der Waals surface area contributed by atoms with E-state index in [9.17, 15) is 14.7 Å². The maximum absolute atomic E-state index is 13.4. The topological polar surface area (TPSA) is 85.2 Å². The van der Waals surface area contributed by atoms with Crippen LogP contribution in [0.25, 0.3) is 5.70 Å². The first-order valence-electron chi connectivity index (χ1n) is 9.18. The summed E-state index contributed by atoms with van der Waals surface area (Å²) in [4.78, 5) is 33.4. The standard InChI is InChI=1S/C22H24N4O3/c1-25(2)22(23-13-12-19(24-22)16-8-5-4-6-9-16)21(29)26(3)15-20(28)17-10-7-11-18(27)14-17/h4-14,24,27H,15H2,1-3H3. The number of phenolic OH excluding ortho intramolecular Hbond substituents is 1. The van der Waals surface area contributed by atoms with E-state index < -0.39 is 5.79 Å². The Balaban J connectivity index is 1.82. The van der Waals surface area contributed by atoms with E-state index in [0.717, 1.165) is 11.3 Å². The summed E-state index contributed by atoms with van der Waals surface area (Å²) in [6.45, 7) is -0.139. The Morgan fingerprint density at radius 1 is 1.07 bits per heavy atom. The average molecular weight is 392 g/mol. The first-order chi connectivity index (χ1) is 13.8. The maximum atomic E-state index is 13.4. The molecule has 0 bridgehead atoms. The van der Waals surface area contributed by atoms with Gasteiger partial charge in [0.1, 0.15) is 5.75 Å². The van der Waals surface area contributed by atoms with Crippen LogP contribution in [0.2, 0.25) is 0 Å². The SMILES string of the molecule is CN(CC(=O)c1cccc(O)c1)C(=O)C1(N(C)C)N=CC=C(c2ccccc2)N1. The van der Waals surface area contributed by atoms with Crippen LogP contribution in [0.3, 0.4) is 0 Å². The Labute approximate surface area is 170 Å². The van der Waals surface area contributed by atoms with Crippen molar-refractivity contribution in [2.75, 3.05) is 27.7 Å². The molecule has 29 heavy (non-hydrogen) atoms. The minimum absolute atomic E-state index is 0.00535. The van der Waals surface area contributed by atoms with Crippen LogP contribution in [0, 0.1) is 0 Å². The average Bonchev–Trinajstić information content (AvgIpc) is 2.73. The highest BCUT2D eigenvalue weighted by Gasteiger charge is 2.44. The normalized spacial score (nSPS) is 18.1. The lowest BCUT2D eigenvalue weighted by Gasteiger charge is -2.40. The number of hydrogen-bond donors (Lipinski definition) is 2. The Bertz CT molecular complexity index is 969. The molecule has 0 spiro atoms. The second kappa shape index (κ2) is 8.28. The van der Waals surface area contributed by atoms with Gasteiger partial charge in [-0.1, -0.05) is 42.5 Å². The van der Waals surface area contributed by atoms with Gasteiger partial charge in [-0.2, -0.15) is 0 Å². The highest BCUT2D eigenvalue weighted by atomic mass is 16.3. The molecule has 2 aromatic carbocycles. The summed E-state index contributed by atoms with van der Waals surface area (Å²) in [6, 6.07) is 15.7. The summed E-state index contributed by atoms with van der Waals surface area (Å²) in [5.74, 6) is -2.00. The van der Waals surface area contributed by atoms with Crippen LogP contribution in [0.15, 0.2) is 65.7 Å². The van der Waals surface area contributed by atoms with Crippen LogP contribution >= 0.6 is 0 Å². The molecule has 1 atom stereocenters. The zero-order chi connectivity index (χ0) is 21.0. The third kappa shape index (κ3) is 4.20. The molecule has 3 rings (SSSR count). The number of likely N-dealkylation sites (N-methyl/N-ethyl adjacent to an activating group) is 2. The van der Waals surface area contributed by atoms with E-state index in [1.54, 1.807) is 44.4 Å². The van der Waals surface area contributed by atoms with Crippen LogP contribution in [0.5, 0.6) is 5.75 Å². The number of nitrogens with zero attached hydrogens (tertiary/aromatic N) is 3. The Hall–Kier alpha value is -3.45. The molecule has 0 fully saturated rings. The van der Waals surface area contributed by atoms with Gasteiger partial charge in [-0.25, -0.2) is 4.99 Å². The van der Waals surface area contributed by atoms with E-state index in [-0.39, 0.29) is 24.0 Å². The zero-order valence-corrected chi connectivity index (χ0v) is 16.7. The van der Waals surface area contributed by atoms with Gasteiger partial charge in [0.25, 0.3) is 11.7 Å². The summed E-state index contributed by atoms with van der Waals surface area (Å²) < 4.78 is 0. The fourth-order valence-corrected chi connectivity index (χ4v) is 3.12. The van der Waals surface area contributed by atoms with Gasteiger partial charge in [0, 0.05) is 24.5 Å². The number of amides is 1. The van der Waals surface area contributed by atoms with Gasteiger partial charge in [0.05, 0.1) is 6.54 Å². The maximum Gasteiger partial charge on any atom is 0.287 e. The van der Waals surface area contributed by atoms with Crippen molar-refractivity contribution in [1.29, 1.82) is 0 Å². The number of nitrogens with one attached hydrogen (secondary N) is 1. The monoisotopic (exact) mass is 392 g/mol. The lowest BCUT2D eigenvalue weighted by molar-refractivity contribution is -0.142. The Morgan fingerprint density at radius 3 is 2.45 bits per heavy atom. The second-order valence-corrected chi connectivity index (χ2v) is 7.05. The number of rotatable bonds is 6. The van der Waals surface area contributed by atoms with Crippen molar-refractivity contribution in [1.82, 2.24) is 15.1 Å². The summed E-state index contributed by atoms with van der Waals surface area (Å²) in [5, 5.41) is 12.8. The highest BCUT2D eigenvalue weighted by molar-refractivity contribution is 6.01. The third-order valence-corrected chi connectivity index (χ3v) is 4.74. The van der Waals surface area contributed by atoms with Crippen molar-refractivity contribution in [3.05, 3.63) is 71.8 Å². The summed E-state index contributed by atoms with van der Waals surface area (Å²) >= 11 is 0. The number of aliphatic imine (C=N–C) groups is 1. The number of benzene rings is 2. The fraction of sp³-hybridized carbons (Fsp3) is 0.227. The molecular weight excluding hydrogens is 368 g/mol. The first kappa shape index (κ1) is 20.3. The third-order valence-electron chi connectivity index (χ3n) is 4.74. The molecule has 0 radical (unpaired) electrons. The molecule has 2 aromatic rings. The van der Waals surface area contributed by atoms with Crippen LogP contribution in [-0.4, -0.2) is 66.3 Å². The van der Waals surface area contributed by atoms with Crippen molar-refractivity contribution >= 4 is 23.6 Å². The number of Topliss-reactive ketones (excluding diaryl/α,β-unsaturated/α-hetero) is 1. The lowest BCUT2D eigenvalue weighted by atomic mass is 10.1. The molecule has 7 heteroatoms. The predicted octanol–water partition coefficient (Wildman–Crippen LogP) is 1.96. The van der Waals surface area contributed by atoms with Gasteiger partial charge >= 0.3 is 0 Å². The smallest absolute Gasteiger partial charge is 0.287 e. The molecule has 2 N–H and O–H groups in total. The molecular formula is C22H24N4O3. The van der Waals surface area contributed by atoms with E-state index in [0.29, 0.717) is 5.56 Å². The number of aromatic hydroxyl groups is 1. The molecule has 1 amide bonds. The Morgan fingerprint density at radius 2 is 1.79 bits per heavy atom. The largest absolute Gasteiger partial charge is 0.508 e. The number of phenols is 1. The molecule has 1 aliphatic rings. The molecule has 1 heterocycles. The van der Waals surface area contributed by atoms with E-state index in [4.69, 9.17) is 0 Å². The van der Waals surface area contributed by atoms with Gasteiger partial charge in [-0.3, -0.25) is 14.5 Å². The molecule has 0 saturated carbocycles. The van der Waals surface area contributed by atoms with Crippen molar-refractivity contribution in [2.45, 2.75) is 5.79 Å². The second-order valence-electron chi connectivity index (χ2n) is 7.05. The minimum atomic E-state index is -1.37. The van der Waals surface area contributed by atoms with Crippen LogP contribution < -0.4 is 5.32 Å². The lowest BCUT2D eigenvalue weighted by Crippen LogP contribution is -2.64. The molecule has 0 saturated heterocycles. The number of ketones is 1. The van der Waals surface area contributed by atoms with Crippen LogP contribution in [0.1, 0.15) is 15.9 Å². The molecule has 7 nitrogen and oxygen atoms in total. The fourth-order valence-electron chi connectivity index (χ4n) is 3.12. The van der Waals surface area contributed by atoms with E-state index >= 15 is 0 Å². The molecule has 150 valence electrons. The first-order valence-corrected chi connectivity index (χ1v) is 9.18. The number of hydrogen-bond acceptors (Lipinski definition) is 6. The van der Waals surface area contributed by atoms with Gasteiger partial charge in [0.15, 0.2) is 5.78 Å². The van der Waals surface area contributed by atoms with Crippen LogP contribution in [-0.2, 0) is 4.79 Å². The molecule has 0 aliphatic carbocycles. The number of carbonyl (C=O) groups is 2. The minimum Gasteiger partial charge on any atom is -0.508 e. The van der Waals surface area contributed by atoms with Crippen LogP contribution in [0.4, 0.5) is 0 Å². The van der Waals surface area contributed by atoms with Gasteiger partial charge in [0.2, 0.25) is 0 Å². The van der Waals surface area contributed by atoms with E-state index in [1.165, 1.54) is 17.0 Å². The van der Waals surface area contributed by atoms with E-state index in [2.05, 4.69) is 10.3 Å². The van der Waals surface area contributed by atoms with E-state index in [1.807, 2.05) is 36.4 Å².